The molecule has 0 amide bonds. The summed E-state index contributed by atoms with van der Waals surface area (Å²) in [4.78, 5) is 0. The lowest BCUT2D eigenvalue weighted by atomic mass is 10.0. The summed E-state index contributed by atoms with van der Waals surface area (Å²) >= 11 is 3.39. The summed E-state index contributed by atoms with van der Waals surface area (Å²) in [5.41, 5.74) is 4.11. The fourth-order valence-electron chi connectivity index (χ4n) is 2.31. The van der Waals surface area contributed by atoms with Crippen LogP contribution in [-0.4, -0.2) is 0 Å². The molecule has 0 saturated heterocycles. The van der Waals surface area contributed by atoms with Crippen LogP contribution in [0.15, 0.2) is 46.9 Å². The van der Waals surface area contributed by atoms with E-state index in [2.05, 4.69) is 65.4 Å². The first kappa shape index (κ1) is 15.6. The molecule has 0 fully saturated rings. The van der Waals surface area contributed by atoms with E-state index in [0.717, 1.165) is 23.0 Å². The van der Waals surface area contributed by atoms with E-state index in [1.807, 2.05) is 18.2 Å². The molecule has 0 saturated carbocycles. The van der Waals surface area contributed by atoms with Crippen molar-refractivity contribution in [1.29, 1.82) is 5.26 Å². The van der Waals surface area contributed by atoms with Crippen molar-refractivity contribution in [2.75, 3.05) is 5.32 Å². The van der Waals surface area contributed by atoms with Crippen LogP contribution in [0.2, 0.25) is 0 Å². The van der Waals surface area contributed by atoms with Gasteiger partial charge in [-0.05, 0) is 42.7 Å². The van der Waals surface area contributed by atoms with E-state index < -0.39 is 0 Å². The smallest absolute Gasteiger partial charge is 0.101 e. The van der Waals surface area contributed by atoms with Gasteiger partial charge in [-0.1, -0.05) is 53.5 Å². The second kappa shape index (κ2) is 7.28. The maximum atomic E-state index is 9.21. The molecular weight excluding hydrogens is 324 g/mol. The Morgan fingerprint density at radius 3 is 2.52 bits per heavy atom. The van der Waals surface area contributed by atoms with Crippen LogP contribution in [0, 0.1) is 11.3 Å². The number of nitriles is 1. The Balaban J connectivity index is 2.14. The molecule has 1 atom stereocenters. The summed E-state index contributed by atoms with van der Waals surface area (Å²) in [6.45, 7) is 4.30. The van der Waals surface area contributed by atoms with Gasteiger partial charge in [0, 0.05) is 10.5 Å². The first-order chi connectivity index (χ1) is 10.1. The molecule has 0 radical (unpaired) electrons. The lowest BCUT2D eigenvalue weighted by molar-refractivity contribution is 0.875. The average molecular weight is 343 g/mol. The highest BCUT2D eigenvalue weighted by molar-refractivity contribution is 9.10. The van der Waals surface area contributed by atoms with E-state index in [-0.39, 0.29) is 6.04 Å². The minimum Gasteiger partial charge on any atom is -0.377 e. The van der Waals surface area contributed by atoms with Crippen molar-refractivity contribution >= 4 is 21.6 Å². The Labute approximate surface area is 134 Å². The van der Waals surface area contributed by atoms with Crippen molar-refractivity contribution in [2.45, 2.75) is 32.7 Å². The van der Waals surface area contributed by atoms with Crippen molar-refractivity contribution in [2.24, 2.45) is 0 Å². The van der Waals surface area contributed by atoms with Gasteiger partial charge in [0.05, 0.1) is 11.3 Å². The Morgan fingerprint density at radius 1 is 1.19 bits per heavy atom. The predicted octanol–water partition coefficient (Wildman–Crippen LogP) is 5.45. The quantitative estimate of drug-likeness (QED) is 0.784. The average Bonchev–Trinajstić information content (AvgIpc) is 2.50. The molecule has 0 aromatic heterocycles. The molecule has 0 aliphatic rings. The normalized spacial score (nSPS) is 11.7. The third kappa shape index (κ3) is 4.09. The molecule has 21 heavy (non-hydrogen) atoms. The number of aryl methyl sites for hydroxylation is 1. The van der Waals surface area contributed by atoms with E-state index in [0.29, 0.717) is 5.56 Å². The van der Waals surface area contributed by atoms with E-state index >= 15 is 0 Å². The van der Waals surface area contributed by atoms with Crippen molar-refractivity contribution in [3.8, 4) is 6.07 Å². The Kier molecular flexibility index (Phi) is 5.41. The highest BCUT2D eigenvalue weighted by Crippen LogP contribution is 2.25. The van der Waals surface area contributed by atoms with Gasteiger partial charge in [-0.2, -0.15) is 5.26 Å². The number of nitrogens with zero attached hydrogens (tertiary/aromatic N) is 1. The number of hydrogen-bond donors (Lipinski definition) is 1. The van der Waals surface area contributed by atoms with Crippen LogP contribution >= 0.6 is 15.9 Å². The predicted molar refractivity (Wildman–Crippen MR) is 91.3 cm³/mol. The van der Waals surface area contributed by atoms with Crippen molar-refractivity contribution in [3.63, 3.8) is 0 Å². The molecule has 0 aliphatic heterocycles. The zero-order valence-corrected chi connectivity index (χ0v) is 13.9. The highest BCUT2D eigenvalue weighted by Gasteiger charge is 2.09. The molecule has 3 heteroatoms. The zero-order chi connectivity index (χ0) is 15.2. The molecule has 0 aliphatic carbocycles. The van der Waals surface area contributed by atoms with Crippen molar-refractivity contribution in [3.05, 3.63) is 63.6 Å². The topological polar surface area (TPSA) is 35.8 Å². The van der Waals surface area contributed by atoms with E-state index in [1.165, 1.54) is 11.1 Å². The van der Waals surface area contributed by atoms with E-state index in [4.69, 9.17) is 0 Å². The molecule has 2 rings (SSSR count). The van der Waals surface area contributed by atoms with E-state index in [9.17, 15) is 5.26 Å². The van der Waals surface area contributed by atoms with Gasteiger partial charge < -0.3 is 5.32 Å². The van der Waals surface area contributed by atoms with Gasteiger partial charge in [-0.3, -0.25) is 0 Å². The molecule has 0 bridgehead atoms. The van der Waals surface area contributed by atoms with Crippen LogP contribution in [-0.2, 0) is 6.42 Å². The van der Waals surface area contributed by atoms with Crippen LogP contribution in [0.4, 0.5) is 5.69 Å². The van der Waals surface area contributed by atoms with Crippen LogP contribution in [0.5, 0.6) is 0 Å². The molecule has 0 heterocycles. The molecule has 0 spiro atoms. The summed E-state index contributed by atoms with van der Waals surface area (Å²) < 4.78 is 0.918. The Morgan fingerprint density at radius 2 is 1.90 bits per heavy atom. The van der Waals surface area contributed by atoms with Crippen LogP contribution < -0.4 is 5.32 Å². The van der Waals surface area contributed by atoms with Crippen LogP contribution in [0.1, 0.15) is 43.0 Å². The van der Waals surface area contributed by atoms with E-state index in [1.54, 1.807) is 0 Å². The standard InChI is InChI=1S/C18H19BrN2/c1-3-4-14-5-7-15(8-6-14)13(2)21-18-10-9-17(19)11-16(18)12-20/h5-11,13,21H,3-4H2,1-2H3. The maximum absolute atomic E-state index is 9.21. The number of hydrogen-bond acceptors (Lipinski definition) is 2. The fraction of sp³-hybridized carbons (Fsp3) is 0.278. The Hall–Kier alpha value is -1.79. The minimum atomic E-state index is 0.161. The maximum Gasteiger partial charge on any atom is 0.101 e. The summed E-state index contributed by atoms with van der Waals surface area (Å²) in [6, 6.07) is 16.8. The minimum absolute atomic E-state index is 0.161. The fourth-order valence-corrected chi connectivity index (χ4v) is 2.67. The van der Waals surface area contributed by atoms with Crippen molar-refractivity contribution < 1.29 is 0 Å². The summed E-state index contributed by atoms with van der Waals surface area (Å²) in [5, 5.41) is 12.6. The summed E-state index contributed by atoms with van der Waals surface area (Å²) in [6.07, 6.45) is 2.28. The summed E-state index contributed by atoms with van der Waals surface area (Å²) in [7, 11) is 0. The van der Waals surface area contributed by atoms with Gasteiger partial charge in [0.15, 0.2) is 0 Å². The van der Waals surface area contributed by atoms with Gasteiger partial charge in [0.1, 0.15) is 6.07 Å². The third-order valence-electron chi connectivity index (χ3n) is 3.49. The molecule has 2 aromatic rings. The van der Waals surface area contributed by atoms with Gasteiger partial charge in [-0.15, -0.1) is 0 Å². The molecule has 2 aromatic carbocycles. The van der Waals surface area contributed by atoms with Gasteiger partial charge >= 0.3 is 0 Å². The number of rotatable bonds is 5. The SMILES string of the molecule is CCCc1ccc(C(C)Nc2ccc(Br)cc2C#N)cc1. The number of nitrogens with one attached hydrogen (secondary N) is 1. The number of anilines is 1. The molecular formula is C18H19BrN2. The van der Waals surface area contributed by atoms with Gasteiger partial charge in [0.25, 0.3) is 0 Å². The van der Waals surface area contributed by atoms with Crippen LogP contribution in [0.3, 0.4) is 0 Å². The first-order valence-corrected chi connectivity index (χ1v) is 7.98. The summed E-state index contributed by atoms with van der Waals surface area (Å²) in [5.74, 6) is 0. The molecule has 2 nitrogen and oxygen atoms in total. The second-order valence-corrected chi connectivity index (χ2v) is 6.07. The monoisotopic (exact) mass is 342 g/mol. The molecule has 1 N–H and O–H groups in total. The zero-order valence-electron chi connectivity index (χ0n) is 12.4. The molecule has 108 valence electrons. The highest BCUT2D eigenvalue weighted by atomic mass is 79.9. The number of benzene rings is 2. The lowest BCUT2D eigenvalue weighted by Crippen LogP contribution is -2.08. The number of halogens is 1. The Bertz CT molecular complexity index is 641. The third-order valence-corrected chi connectivity index (χ3v) is 3.99. The van der Waals surface area contributed by atoms with Gasteiger partial charge in [-0.25, -0.2) is 0 Å². The molecule has 1 unspecified atom stereocenters. The van der Waals surface area contributed by atoms with Crippen molar-refractivity contribution in [1.82, 2.24) is 0 Å². The first-order valence-electron chi connectivity index (χ1n) is 7.19. The second-order valence-electron chi connectivity index (χ2n) is 5.16. The van der Waals surface area contributed by atoms with Gasteiger partial charge in [0.2, 0.25) is 0 Å². The largest absolute Gasteiger partial charge is 0.377 e. The lowest BCUT2D eigenvalue weighted by Gasteiger charge is -2.17. The van der Waals surface area contributed by atoms with Crippen LogP contribution in [0.25, 0.3) is 0 Å².